The summed E-state index contributed by atoms with van der Waals surface area (Å²) in [5.74, 6) is 0.907. The smallest absolute Gasteiger partial charge is 0.130 e. The Morgan fingerprint density at radius 3 is 2.76 bits per heavy atom. The molecule has 0 aliphatic carbocycles. The highest BCUT2D eigenvalue weighted by molar-refractivity contribution is 5.55. The summed E-state index contributed by atoms with van der Waals surface area (Å²) >= 11 is 0. The molecule has 1 N–H and O–H groups in total. The number of hydrogen-bond donors (Lipinski definition) is 1. The molecule has 0 radical (unpaired) electrons. The molecule has 0 saturated carbocycles. The molecule has 1 unspecified atom stereocenters. The Morgan fingerprint density at radius 1 is 1.19 bits per heavy atom. The summed E-state index contributed by atoms with van der Waals surface area (Å²) in [6, 6.07) is 15.0. The van der Waals surface area contributed by atoms with Gasteiger partial charge in [-0.1, -0.05) is 31.2 Å². The van der Waals surface area contributed by atoms with Crippen LogP contribution in [-0.4, -0.2) is 23.0 Å². The van der Waals surface area contributed by atoms with Gasteiger partial charge >= 0.3 is 0 Å². The summed E-state index contributed by atoms with van der Waals surface area (Å²) in [6.45, 7) is 4.66. The molecule has 1 saturated heterocycles. The molecule has 21 heavy (non-hydrogen) atoms. The van der Waals surface area contributed by atoms with Crippen molar-refractivity contribution >= 4 is 11.5 Å². The lowest BCUT2D eigenvalue weighted by atomic mass is 10.1. The molecule has 2 heterocycles. The van der Waals surface area contributed by atoms with Gasteiger partial charge in [0.25, 0.3) is 0 Å². The molecular formula is C18H23N3. The van der Waals surface area contributed by atoms with Crippen molar-refractivity contribution in [1.82, 2.24) is 9.88 Å². The van der Waals surface area contributed by atoms with Crippen LogP contribution in [0.3, 0.4) is 0 Å². The number of nitrogens with zero attached hydrogens (tertiary/aromatic N) is 2. The van der Waals surface area contributed by atoms with Crippen LogP contribution in [0.4, 0.5) is 11.5 Å². The van der Waals surface area contributed by atoms with Gasteiger partial charge in [-0.05, 0) is 56.1 Å². The van der Waals surface area contributed by atoms with Crippen molar-refractivity contribution < 1.29 is 0 Å². The molecule has 1 aliphatic rings. The summed E-state index contributed by atoms with van der Waals surface area (Å²) in [6.07, 6.45) is 5.81. The summed E-state index contributed by atoms with van der Waals surface area (Å²) in [5, 5.41) is 3.33. The predicted molar refractivity (Wildman–Crippen MR) is 87.8 cm³/mol. The monoisotopic (exact) mass is 281 g/mol. The molecule has 3 heteroatoms. The van der Waals surface area contributed by atoms with E-state index in [4.69, 9.17) is 0 Å². The van der Waals surface area contributed by atoms with Crippen molar-refractivity contribution in [1.29, 1.82) is 0 Å². The molecule has 3 nitrogen and oxygen atoms in total. The van der Waals surface area contributed by atoms with Crippen molar-refractivity contribution in [2.75, 3.05) is 18.4 Å². The van der Waals surface area contributed by atoms with E-state index in [1.54, 1.807) is 0 Å². The Kier molecular flexibility index (Phi) is 4.51. The molecule has 110 valence electrons. The zero-order valence-electron chi connectivity index (χ0n) is 12.6. The van der Waals surface area contributed by atoms with E-state index in [9.17, 15) is 0 Å². The van der Waals surface area contributed by atoms with Gasteiger partial charge < -0.3 is 5.32 Å². The Labute approximate surface area is 127 Å². The quantitative estimate of drug-likeness (QED) is 0.882. The minimum absolute atomic E-state index is 0.559. The third-order valence-corrected chi connectivity index (χ3v) is 4.09. The normalized spacial score (nSPS) is 18.8. The summed E-state index contributed by atoms with van der Waals surface area (Å²) in [5.41, 5.74) is 2.42. The van der Waals surface area contributed by atoms with Crippen LogP contribution in [0, 0.1) is 0 Å². The number of pyridine rings is 1. The molecule has 0 spiro atoms. The van der Waals surface area contributed by atoms with Gasteiger partial charge in [-0.3, -0.25) is 4.90 Å². The highest BCUT2D eigenvalue weighted by Gasteiger charge is 2.25. The third kappa shape index (κ3) is 3.42. The molecule has 1 aromatic heterocycles. The topological polar surface area (TPSA) is 28.2 Å². The number of rotatable bonds is 5. The van der Waals surface area contributed by atoms with Crippen LogP contribution >= 0.6 is 0 Å². The molecular weight excluding hydrogens is 258 g/mol. The third-order valence-electron chi connectivity index (χ3n) is 4.09. The van der Waals surface area contributed by atoms with Gasteiger partial charge in [0.15, 0.2) is 0 Å². The van der Waals surface area contributed by atoms with Gasteiger partial charge in [0.1, 0.15) is 5.82 Å². The fourth-order valence-electron chi connectivity index (χ4n) is 3.10. The lowest BCUT2D eigenvalue weighted by molar-refractivity contribution is 0.257. The molecule has 0 amide bonds. The van der Waals surface area contributed by atoms with Crippen LogP contribution in [-0.2, 0) is 0 Å². The second-order valence-electron chi connectivity index (χ2n) is 5.66. The maximum Gasteiger partial charge on any atom is 0.130 e. The maximum atomic E-state index is 4.58. The Bertz CT molecular complexity index is 550. The van der Waals surface area contributed by atoms with Crippen LogP contribution in [0.2, 0.25) is 0 Å². The van der Waals surface area contributed by atoms with Crippen molar-refractivity contribution in [3.63, 3.8) is 0 Å². The van der Waals surface area contributed by atoms with Crippen LogP contribution < -0.4 is 5.32 Å². The van der Waals surface area contributed by atoms with Crippen LogP contribution in [0.5, 0.6) is 0 Å². The van der Waals surface area contributed by atoms with Crippen LogP contribution in [0.15, 0.2) is 48.7 Å². The van der Waals surface area contributed by atoms with Gasteiger partial charge in [-0.15, -0.1) is 0 Å². The first-order valence-corrected chi connectivity index (χ1v) is 7.89. The summed E-state index contributed by atoms with van der Waals surface area (Å²) in [7, 11) is 0. The van der Waals surface area contributed by atoms with Gasteiger partial charge in [0.05, 0.1) is 0 Å². The average Bonchev–Trinajstić information content (AvgIpc) is 2.98. The second-order valence-corrected chi connectivity index (χ2v) is 5.66. The van der Waals surface area contributed by atoms with Crippen LogP contribution in [0.1, 0.15) is 37.8 Å². The number of para-hydroxylation sites is 1. The Hall–Kier alpha value is -1.87. The largest absolute Gasteiger partial charge is 0.340 e. The van der Waals surface area contributed by atoms with E-state index < -0.39 is 0 Å². The van der Waals surface area contributed by atoms with Crippen molar-refractivity contribution in [2.24, 2.45) is 0 Å². The van der Waals surface area contributed by atoms with E-state index in [1.165, 1.54) is 37.9 Å². The van der Waals surface area contributed by atoms with Gasteiger partial charge in [-0.2, -0.15) is 0 Å². The molecule has 1 aliphatic heterocycles. The number of nitrogens with one attached hydrogen (secondary N) is 1. The Balaban J connectivity index is 1.69. The van der Waals surface area contributed by atoms with Crippen molar-refractivity contribution in [2.45, 2.75) is 32.2 Å². The van der Waals surface area contributed by atoms with E-state index in [0.29, 0.717) is 6.04 Å². The second kappa shape index (κ2) is 6.72. The SMILES string of the molecule is CCCN1CCCC1c1ccc(Nc2ccccc2)nc1. The van der Waals surface area contributed by atoms with Crippen molar-refractivity contribution in [3.8, 4) is 0 Å². The molecule has 0 bridgehead atoms. The summed E-state index contributed by atoms with van der Waals surface area (Å²) < 4.78 is 0. The number of aromatic nitrogens is 1. The minimum Gasteiger partial charge on any atom is -0.340 e. The minimum atomic E-state index is 0.559. The first-order chi connectivity index (χ1) is 10.4. The first kappa shape index (κ1) is 14.1. The average molecular weight is 281 g/mol. The van der Waals surface area contributed by atoms with E-state index in [-0.39, 0.29) is 0 Å². The lowest BCUT2D eigenvalue weighted by Crippen LogP contribution is -2.24. The van der Waals surface area contributed by atoms with Crippen molar-refractivity contribution in [3.05, 3.63) is 54.2 Å². The molecule has 1 atom stereocenters. The van der Waals surface area contributed by atoms with Crippen LogP contribution in [0.25, 0.3) is 0 Å². The molecule has 1 aromatic carbocycles. The highest BCUT2D eigenvalue weighted by atomic mass is 15.2. The van der Waals surface area contributed by atoms with E-state index >= 15 is 0 Å². The predicted octanol–water partition coefficient (Wildman–Crippen LogP) is 4.37. The zero-order valence-corrected chi connectivity index (χ0v) is 12.6. The van der Waals surface area contributed by atoms with Gasteiger partial charge in [0, 0.05) is 17.9 Å². The number of anilines is 2. The van der Waals surface area contributed by atoms with E-state index in [0.717, 1.165) is 11.5 Å². The lowest BCUT2D eigenvalue weighted by Gasteiger charge is -2.24. The fourth-order valence-corrected chi connectivity index (χ4v) is 3.10. The first-order valence-electron chi connectivity index (χ1n) is 7.89. The number of benzene rings is 1. The highest BCUT2D eigenvalue weighted by Crippen LogP contribution is 2.31. The van der Waals surface area contributed by atoms with E-state index in [2.05, 4.69) is 46.4 Å². The fraction of sp³-hybridized carbons (Fsp3) is 0.389. The maximum absolute atomic E-state index is 4.58. The molecule has 2 aromatic rings. The van der Waals surface area contributed by atoms with Gasteiger partial charge in [0.2, 0.25) is 0 Å². The standard InChI is InChI=1S/C18H23N3/c1-2-12-21-13-6-9-17(21)15-10-11-18(19-14-15)20-16-7-4-3-5-8-16/h3-5,7-8,10-11,14,17H,2,6,9,12-13H2,1H3,(H,19,20). The Morgan fingerprint density at radius 2 is 2.05 bits per heavy atom. The molecule has 3 rings (SSSR count). The molecule has 1 fully saturated rings. The number of likely N-dealkylation sites (tertiary alicyclic amines) is 1. The van der Waals surface area contributed by atoms with Gasteiger partial charge in [-0.25, -0.2) is 4.98 Å². The number of hydrogen-bond acceptors (Lipinski definition) is 3. The van der Waals surface area contributed by atoms with E-state index in [1.807, 2.05) is 24.4 Å². The zero-order chi connectivity index (χ0) is 14.5. The summed E-state index contributed by atoms with van der Waals surface area (Å²) in [4.78, 5) is 7.16.